The molecule has 7 nitrogen and oxygen atoms in total. The molecule has 2 N–H and O–H groups in total. The lowest BCUT2D eigenvalue weighted by Crippen LogP contribution is -2.15. The molecule has 30 heavy (non-hydrogen) atoms. The molecule has 1 aromatic heterocycles. The molecule has 1 heterocycles. The van der Waals surface area contributed by atoms with Crippen LogP contribution in [0.15, 0.2) is 53.9 Å². The van der Waals surface area contributed by atoms with Gasteiger partial charge in [-0.05, 0) is 43.7 Å². The lowest BCUT2D eigenvalue weighted by molar-refractivity contribution is -0.142. The normalized spacial score (nSPS) is 10.3. The van der Waals surface area contributed by atoms with Gasteiger partial charge < -0.3 is 10.1 Å². The van der Waals surface area contributed by atoms with Gasteiger partial charge in [0.25, 0.3) is 11.8 Å². The Morgan fingerprint density at radius 1 is 1.00 bits per heavy atom. The first kappa shape index (κ1) is 21.2. The van der Waals surface area contributed by atoms with Gasteiger partial charge in [-0.1, -0.05) is 24.3 Å². The lowest BCUT2D eigenvalue weighted by Gasteiger charge is -2.10. The number of esters is 1. The zero-order chi connectivity index (χ0) is 21.5. The predicted octanol–water partition coefficient (Wildman–Crippen LogP) is 4.06. The number of thiazole rings is 1. The summed E-state index contributed by atoms with van der Waals surface area (Å²) in [5, 5.41) is 7.64. The van der Waals surface area contributed by atoms with E-state index in [4.69, 9.17) is 4.74 Å². The maximum atomic E-state index is 12.6. The number of aryl methyl sites for hydroxylation is 1. The minimum Gasteiger partial charge on any atom is -0.466 e. The van der Waals surface area contributed by atoms with E-state index in [1.807, 2.05) is 13.0 Å². The molecular formula is C22H21N3O4S. The number of nitrogens with one attached hydrogen (secondary N) is 2. The fraction of sp³-hybridized carbons (Fsp3) is 0.182. The summed E-state index contributed by atoms with van der Waals surface area (Å²) in [4.78, 5) is 40.8. The van der Waals surface area contributed by atoms with Crippen molar-refractivity contribution in [2.24, 2.45) is 0 Å². The highest BCUT2D eigenvalue weighted by Crippen LogP contribution is 2.21. The molecule has 2 aromatic carbocycles. The topological polar surface area (TPSA) is 97.4 Å². The Kier molecular flexibility index (Phi) is 6.92. The molecule has 0 aliphatic rings. The third-order valence-electron chi connectivity index (χ3n) is 4.19. The van der Waals surface area contributed by atoms with Gasteiger partial charge in [0, 0.05) is 22.2 Å². The quantitative estimate of drug-likeness (QED) is 0.559. The van der Waals surface area contributed by atoms with E-state index in [1.165, 1.54) is 11.3 Å². The van der Waals surface area contributed by atoms with E-state index < -0.39 is 0 Å². The zero-order valence-electron chi connectivity index (χ0n) is 16.6. The van der Waals surface area contributed by atoms with Crippen molar-refractivity contribution in [2.45, 2.75) is 20.3 Å². The SMILES string of the molecule is CCOC(=O)Cc1csc(NC(=O)c2ccc(C)c(NC(=O)c3ccccc3)c2)n1. The summed E-state index contributed by atoms with van der Waals surface area (Å²) in [5.41, 5.74) is 2.84. The Bertz CT molecular complexity index is 1060. The average molecular weight is 423 g/mol. The molecule has 0 saturated heterocycles. The van der Waals surface area contributed by atoms with Gasteiger partial charge in [0.2, 0.25) is 0 Å². The van der Waals surface area contributed by atoms with E-state index in [0.29, 0.717) is 34.2 Å². The summed E-state index contributed by atoms with van der Waals surface area (Å²) in [5.74, 6) is -0.972. The second kappa shape index (κ2) is 9.80. The fourth-order valence-corrected chi connectivity index (χ4v) is 3.36. The van der Waals surface area contributed by atoms with E-state index in [-0.39, 0.29) is 24.2 Å². The van der Waals surface area contributed by atoms with Crippen molar-refractivity contribution in [1.82, 2.24) is 4.98 Å². The van der Waals surface area contributed by atoms with Gasteiger partial charge in [0.15, 0.2) is 5.13 Å². The Hall–Kier alpha value is -3.52. The number of amides is 2. The van der Waals surface area contributed by atoms with Crippen LogP contribution in [0.25, 0.3) is 0 Å². The molecule has 0 saturated carbocycles. The van der Waals surface area contributed by atoms with Crippen LogP contribution in [-0.4, -0.2) is 29.4 Å². The molecular weight excluding hydrogens is 402 g/mol. The number of ether oxygens (including phenoxy) is 1. The molecule has 154 valence electrons. The van der Waals surface area contributed by atoms with Gasteiger partial charge >= 0.3 is 5.97 Å². The van der Waals surface area contributed by atoms with Crippen LogP contribution >= 0.6 is 11.3 Å². The highest BCUT2D eigenvalue weighted by atomic mass is 32.1. The van der Waals surface area contributed by atoms with Gasteiger partial charge in [0.1, 0.15) is 0 Å². The van der Waals surface area contributed by atoms with Crippen molar-refractivity contribution in [3.63, 3.8) is 0 Å². The smallest absolute Gasteiger partial charge is 0.311 e. The van der Waals surface area contributed by atoms with E-state index >= 15 is 0 Å². The Morgan fingerprint density at radius 3 is 2.47 bits per heavy atom. The minimum absolute atomic E-state index is 0.0560. The molecule has 3 rings (SSSR count). The van der Waals surface area contributed by atoms with Gasteiger partial charge in [-0.25, -0.2) is 4.98 Å². The number of carbonyl (C=O) groups is 3. The molecule has 0 unspecified atom stereocenters. The van der Waals surface area contributed by atoms with Crippen LogP contribution in [0, 0.1) is 6.92 Å². The molecule has 0 fully saturated rings. The summed E-state index contributed by atoms with van der Waals surface area (Å²) in [6.07, 6.45) is 0.0560. The number of hydrogen-bond donors (Lipinski definition) is 2. The molecule has 3 aromatic rings. The van der Waals surface area contributed by atoms with Crippen molar-refractivity contribution in [2.75, 3.05) is 17.2 Å². The third-order valence-corrected chi connectivity index (χ3v) is 4.99. The van der Waals surface area contributed by atoms with E-state index in [2.05, 4.69) is 15.6 Å². The molecule has 0 atom stereocenters. The fourth-order valence-electron chi connectivity index (χ4n) is 2.66. The number of rotatable bonds is 7. The van der Waals surface area contributed by atoms with Gasteiger partial charge in [0.05, 0.1) is 18.7 Å². The Morgan fingerprint density at radius 2 is 1.73 bits per heavy atom. The second-order valence-electron chi connectivity index (χ2n) is 6.43. The first-order valence-corrected chi connectivity index (χ1v) is 10.2. The summed E-state index contributed by atoms with van der Waals surface area (Å²) in [7, 11) is 0. The highest BCUT2D eigenvalue weighted by Gasteiger charge is 2.14. The van der Waals surface area contributed by atoms with Gasteiger partial charge in [-0.15, -0.1) is 11.3 Å². The molecule has 0 radical (unpaired) electrons. The van der Waals surface area contributed by atoms with Crippen molar-refractivity contribution < 1.29 is 19.1 Å². The summed E-state index contributed by atoms with van der Waals surface area (Å²) in [6.45, 7) is 3.90. The molecule has 0 aliphatic heterocycles. The van der Waals surface area contributed by atoms with Gasteiger partial charge in [-0.3, -0.25) is 19.7 Å². The molecule has 2 amide bonds. The number of nitrogens with zero attached hydrogens (tertiary/aromatic N) is 1. The Labute approximate surface area is 178 Å². The van der Waals surface area contributed by atoms with Crippen LogP contribution in [0.5, 0.6) is 0 Å². The van der Waals surface area contributed by atoms with E-state index in [9.17, 15) is 14.4 Å². The van der Waals surface area contributed by atoms with Crippen LogP contribution in [0.4, 0.5) is 10.8 Å². The van der Waals surface area contributed by atoms with Gasteiger partial charge in [-0.2, -0.15) is 0 Å². The predicted molar refractivity (Wildman–Crippen MR) is 116 cm³/mol. The Balaban J connectivity index is 1.68. The zero-order valence-corrected chi connectivity index (χ0v) is 17.4. The molecule has 0 aliphatic carbocycles. The summed E-state index contributed by atoms with van der Waals surface area (Å²) in [6, 6.07) is 13.9. The minimum atomic E-state index is -0.363. The van der Waals surface area contributed by atoms with E-state index in [1.54, 1.807) is 54.8 Å². The van der Waals surface area contributed by atoms with Crippen LogP contribution in [0.2, 0.25) is 0 Å². The first-order chi connectivity index (χ1) is 14.5. The average Bonchev–Trinajstić information content (AvgIpc) is 3.16. The van der Waals surface area contributed by atoms with Crippen LogP contribution in [-0.2, 0) is 16.0 Å². The molecule has 0 bridgehead atoms. The lowest BCUT2D eigenvalue weighted by atomic mass is 10.1. The van der Waals surface area contributed by atoms with Crippen molar-refractivity contribution in [1.29, 1.82) is 0 Å². The monoisotopic (exact) mass is 423 g/mol. The summed E-state index contributed by atoms with van der Waals surface area (Å²) < 4.78 is 4.90. The standard InChI is InChI=1S/C22H21N3O4S/c1-3-29-19(26)12-17-13-30-22(23-17)25-21(28)16-10-9-14(2)18(11-16)24-20(27)15-7-5-4-6-8-15/h4-11,13H,3,12H2,1-2H3,(H,24,27)(H,23,25,28). The number of carbonyl (C=O) groups excluding carboxylic acids is 3. The van der Waals surface area contributed by atoms with Crippen molar-refractivity contribution in [3.8, 4) is 0 Å². The van der Waals surface area contributed by atoms with Crippen molar-refractivity contribution >= 4 is 39.9 Å². The second-order valence-corrected chi connectivity index (χ2v) is 7.29. The maximum Gasteiger partial charge on any atom is 0.311 e. The van der Waals surface area contributed by atoms with Crippen LogP contribution in [0.3, 0.4) is 0 Å². The number of benzene rings is 2. The summed E-state index contributed by atoms with van der Waals surface area (Å²) >= 11 is 1.23. The first-order valence-electron chi connectivity index (χ1n) is 9.34. The van der Waals surface area contributed by atoms with Crippen LogP contribution < -0.4 is 10.6 Å². The number of aromatic nitrogens is 1. The number of anilines is 2. The van der Waals surface area contributed by atoms with Crippen LogP contribution in [0.1, 0.15) is 38.9 Å². The van der Waals surface area contributed by atoms with E-state index in [0.717, 1.165) is 5.56 Å². The molecule has 8 heteroatoms. The highest BCUT2D eigenvalue weighted by molar-refractivity contribution is 7.14. The largest absolute Gasteiger partial charge is 0.466 e. The van der Waals surface area contributed by atoms with Crippen molar-refractivity contribution in [3.05, 3.63) is 76.3 Å². The number of hydrogen-bond acceptors (Lipinski definition) is 6. The molecule has 0 spiro atoms. The third kappa shape index (κ3) is 5.51. The maximum absolute atomic E-state index is 12.6.